The molecule has 1 fully saturated rings. The smallest absolute Gasteiger partial charge is 0.394 e. The lowest BCUT2D eigenvalue weighted by molar-refractivity contribution is -0.140. The van der Waals surface area contributed by atoms with Crippen LogP contribution in [0.2, 0.25) is 0 Å². The minimum atomic E-state index is -5.02. The normalized spacial score (nSPS) is 32.4. The van der Waals surface area contributed by atoms with E-state index in [-0.39, 0.29) is 6.20 Å². The van der Waals surface area contributed by atoms with E-state index in [0.717, 1.165) is 6.92 Å². The number of alkyl halides is 3. The number of aliphatic hydroxyl groups excluding tert-OH is 2. The van der Waals surface area contributed by atoms with E-state index in [1.165, 1.54) is 4.98 Å². The highest BCUT2D eigenvalue weighted by molar-refractivity contribution is 5.10. The number of hydrogen-bond donors (Lipinski definition) is 4. The molecule has 0 spiro atoms. The number of hydrogen-bond acceptors (Lipinski definition) is 6. The zero-order valence-corrected chi connectivity index (χ0v) is 11.2. The molecule has 1 aliphatic heterocycles. The molecule has 124 valence electrons. The quantitative estimate of drug-likeness (QED) is 0.527. The standard InChI is InChI=1S/C11H13F3N2O6/c1-10(21)5(3-17)22-8(6(10)18)16-2-4(11(12,13)14)7(19)15-9(16)20/h2,5-6,8,17-18,21H,3H2,1H3,(H,15,19,20)/t5-,6+,8-,10-/m1/s1. The van der Waals surface area contributed by atoms with Crippen molar-refractivity contribution in [3.05, 3.63) is 32.6 Å². The van der Waals surface area contributed by atoms with Crippen molar-refractivity contribution in [2.45, 2.75) is 37.1 Å². The third-order valence-electron chi connectivity index (χ3n) is 3.54. The summed E-state index contributed by atoms with van der Waals surface area (Å²) in [6.45, 7) is 0.366. The molecule has 0 saturated carbocycles. The van der Waals surface area contributed by atoms with Crippen LogP contribution in [0.15, 0.2) is 15.8 Å². The lowest BCUT2D eigenvalue weighted by Gasteiger charge is -2.25. The first-order chi connectivity index (χ1) is 10.00. The van der Waals surface area contributed by atoms with Gasteiger partial charge in [0, 0.05) is 6.20 Å². The Hall–Kier alpha value is -1.69. The van der Waals surface area contributed by atoms with Crippen molar-refractivity contribution in [2.75, 3.05) is 6.61 Å². The van der Waals surface area contributed by atoms with Crippen LogP contribution in [0.4, 0.5) is 13.2 Å². The van der Waals surface area contributed by atoms with E-state index in [2.05, 4.69) is 0 Å². The summed E-state index contributed by atoms with van der Waals surface area (Å²) in [4.78, 5) is 24.3. The molecule has 4 atom stereocenters. The van der Waals surface area contributed by atoms with Crippen molar-refractivity contribution in [1.82, 2.24) is 9.55 Å². The van der Waals surface area contributed by atoms with Crippen molar-refractivity contribution in [3.8, 4) is 0 Å². The van der Waals surface area contributed by atoms with Gasteiger partial charge in [-0.05, 0) is 6.92 Å². The Labute approximate surface area is 120 Å². The van der Waals surface area contributed by atoms with Gasteiger partial charge in [0.1, 0.15) is 23.4 Å². The van der Waals surface area contributed by atoms with E-state index in [0.29, 0.717) is 4.57 Å². The van der Waals surface area contributed by atoms with Gasteiger partial charge in [-0.2, -0.15) is 13.2 Å². The molecule has 0 unspecified atom stereocenters. The molecular weight excluding hydrogens is 313 g/mol. The number of nitrogens with zero attached hydrogens (tertiary/aromatic N) is 1. The van der Waals surface area contributed by atoms with Gasteiger partial charge in [-0.25, -0.2) is 4.79 Å². The van der Waals surface area contributed by atoms with Crippen molar-refractivity contribution in [3.63, 3.8) is 0 Å². The predicted molar refractivity (Wildman–Crippen MR) is 64.0 cm³/mol. The lowest BCUT2D eigenvalue weighted by Crippen LogP contribution is -2.47. The fourth-order valence-electron chi connectivity index (χ4n) is 2.18. The van der Waals surface area contributed by atoms with E-state index in [1.54, 1.807) is 0 Å². The molecule has 0 aliphatic carbocycles. The van der Waals surface area contributed by atoms with Gasteiger partial charge in [-0.3, -0.25) is 14.3 Å². The summed E-state index contributed by atoms with van der Waals surface area (Å²) in [6, 6.07) is 0. The summed E-state index contributed by atoms with van der Waals surface area (Å²) in [5.74, 6) is 0. The monoisotopic (exact) mass is 326 g/mol. The number of H-pyrrole nitrogens is 1. The minimum absolute atomic E-state index is 0.199. The first-order valence-electron chi connectivity index (χ1n) is 6.09. The SMILES string of the molecule is C[C@@]1(O)[C@@H](CO)O[C@@H](n2cc(C(F)(F)F)c(=O)[nH]c2=O)[C@@H]1O. The third-order valence-corrected chi connectivity index (χ3v) is 3.54. The van der Waals surface area contributed by atoms with E-state index in [4.69, 9.17) is 9.84 Å². The van der Waals surface area contributed by atoms with Gasteiger partial charge >= 0.3 is 11.9 Å². The van der Waals surface area contributed by atoms with Crippen LogP contribution in [-0.4, -0.2) is 49.3 Å². The van der Waals surface area contributed by atoms with E-state index < -0.39 is 53.6 Å². The average molecular weight is 326 g/mol. The van der Waals surface area contributed by atoms with Gasteiger partial charge in [0.05, 0.1) is 6.61 Å². The zero-order chi connectivity index (χ0) is 16.9. The maximum Gasteiger partial charge on any atom is 0.423 e. The molecule has 1 aromatic heterocycles. The van der Waals surface area contributed by atoms with E-state index in [1.807, 2.05) is 0 Å². The maximum absolute atomic E-state index is 12.7. The number of aliphatic hydroxyl groups is 3. The molecule has 2 rings (SSSR count). The molecule has 0 radical (unpaired) electrons. The molecule has 2 heterocycles. The molecule has 1 aromatic rings. The molecule has 0 amide bonds. The van der Waals surface area contributed by atoms with Gasteiger partial charge in [0.2, 0.25) is 0 Å². The summed E-state index contributed by atoms with van der Waals surface area (Å²) in [5, 5.41) is 29.0. The van der Waals surface area contributed by atoms with Gasteiger partial charge in [-0.1, -0.05) is 0 Å². The second-order valence-corrected chi connectivity index (χ2v) is 5.08. The molecule has 0 bridgehead atoms. The molecule has 11 heteroatoms. The number of nitrogens with one attached hydrogen (secondary N) is 1. The van der Waals surface area contributed by atoms with Crippen LogP contribution in [0, 0.1) is 0 Å². The molecule has 1 aliphatic rings. The summed E-state index contributed by atoms with van der Waals surface area (Å²) < 4.78 is 43.5. The van der Waals surface area contributed by atoms with Crippen LogP contribution >= 0.6 is 0 Å². The second kappa shape index (κ2) is 5.19. The maximum atomic E-state index is 12.7. The van der Waals surface area contributed by atoms with E-state index in [9.17, 15) is 33.0 Å². The number of aromatic nitrogens is 2. The first-order valence-corrected chi connectivity index (χ1v) is 6.09. The summed E-state index contributed by atoms with van der Waals surface area (Å²) in [6.07, 6.45) is -9.64. The Kier molecular flexibility index (Phi) is 3.94. The molecule has 0 aromatic carbocycles. The molecule has 1 saturated heterocycles. The highest BCUT2D eigenvalue weighted by Gasteiger charge is 2.53. The highest BCUT2D eigenvalue weighted by Crippen LogP contribution is 2.36. The van der Waals surface area contributed by atoms with Gasteiger partial charge < -0.3 is 20.1 Å². The van der Waals surface area contributed by atoms with Crippen molar-refractivity contribution in [1.29, 1.82) is 0 Å². The number of ether oxygens (including phenoxy) is 1. The van der Waals surface area contributed by atoms with Crippen LogP contribution in [0.3, 0.4) is 0 Å². The number of halogens is 3. The van der Waals surface area contributed by atoms with Crippen LogP contribution < -0.4 is 11.2 Å². The van der Waals surface area contributed by atoms with Gasteiger partial charge in [0.25, 0.3) is 5.56 Å². The summed E-state index contributed by atoms with van der Waals surface area (Å²) >= 11 is 0. The topological polar surface area (TPSA) is 125 Å². The Bertz CT molecular complexity index is 680. The fourth-order valence-corrected chi connectivity index (χ4v) is 2.18. The van der Waals surface area contributed by atoms with Gasteiger partial charge in [0.15, 0.2) is 6.23 Å². The van der Waals surface area contributed by atoms with Gasteiger partial charge in [-0.15, -0.1) is 0 Å². The van der Waals surface area contributed by atoms with Crippen molar-refractivity contribution >= 4 is 0 Å². The van der Waals surface area contributed by atoms with Crippen molar-refractivity contribution in [2.24, 2.45) is 0 Å². The average Bonchev–Trinajstić information content (AvgIpc) is 2.60. The lowest BCUT2D eigenvalue weighted by atomic mass is 9.95. The largest absolute Gasteiger partial charge is 0.423 e. The summed E-state index contributed by atoms with van der Waals surface area (Å²) in [5.41, 5.74) is -6.54. The second-order valence-electron chi connectivity index (χ2n) is 5.08. The van der Waals surface area contributed by atoms with E-state index >= 15 is 0 Å². The summed E-state index contributed by atoms with van der Waals surface area (Å²) in [7, 11) is 0. The predicted octanol–water partition coefficient (Wildman–Crippen LogP) is -1.44. The first kappa shape index (κ1) is 16.7. The Morgan fingerprint density at radius 2 is 2.05 bits per heavy atom. The van der Waals surface area contributed by atoms with Crippen LogP contribution in [0.25, 0.3) is 0 Å². The fraction of sp³-hybridized carbons (Fsp3) is 0.636. The number of rotatable bonds is 2. The third kappa shape index (κ3) is 2.56. The van der Waals surface area contributed by atoms with Crippen LogP contribution in [-0.2, 0) is 10.9 Å². The Balaban J connectivity index is 2.55. The number of aromatic amines is 1. The van der Waals surface area contributed by atoms with Crippen molar-refractivity contribution < 1.29 is 33.2 Å². The molecule has 8 nitrogen and oxygen atoms in total. The molecule has 4 N–H and O–H groups in total. The highest BCUT2D eigenvalue weighted by atomic mass is 19.4. The molecule has 22 heavy (non-hydrogen) atoms. The minimum Gasteiger partial charge on any atom is -0.394 e. The van der Waals surface area contributed by atoms with Crippen LogP contribution in [0.5, 0.6) is 0 Å². The Morgan fingerprint density at radius 3 is 2.50 bits per heavy atom. The molecular formula is C11H13F3N2O6. The van der Waals surface area contributed by atoms with Crippen LogP contribution in [0.1, 0.15) is 18.7 Å². The zero-order valence-electron chi connectivity index (χ0n) is 11.2. The Morgan fingerprint density at radius 1 is 1.45 bits per heavy atom.